The number of hydrogen-bond donors (Lipinski definition) is 0. The lowest BCUT2D eigenvalue weighted by Gasteiger charge is -2.08. The molecule has 0 aliphatic heterocycles. The molecule has 0 heterocycles. The molecule has 198 valence electrons. The van der Waals surface area contributed by atoms with Crippen LogP contribution in [0.15, 0.2) is 60.7 Å². The molecule has 2 rings (SSSR count). The molecule has 0 bridgehead atoms. The van der Waals surface area contributed by atoms with E-state index >= 15 is 0 Å². The molecule has 0 N–H and O–H groups in total. The van der Waals surface area contributed by atoms with Gasteiger partial charge in [-0.15, -0.1) is 0 Å². The van der Waals surface area contributed by atoms with Crippen LogP contribution in [0, 0.1) is 26.8 Å². The standard InChI is InChI=1S/C18H14I2.2CHF3O3S/c1(9-15-19-17-11-5-3-6-12-17)2-10-16-20-18-13-7-4-8-14-18;2*2-1(3,4)8(5,6)7/h3-8,11-14H,1-2H2;2*(H,5,6,7)/q+2;;/p-2. The maximum atomic E-state index is 10.7. The van der Waals surface area contributed by atoms with Gasteiger partial charge < -0.3 is 9.11 Å². The average Bonchev–Trinajstić information content (AvgIpc) is 2.75. The van der Waals surface area contributed by atoms with E-state index in [0.717, 1.165) is 12.8 Å². The summed E-state index contributed by atoms with van der Waals surface area (Å²) >= 11 is -0.277. The van der Waals surface area contributed by atoms with Crippen LogP contribution in [0.25, 0.3) is 0 Å². The van der Waals surface area contributed by atoms with Crippen LogP contribution >= 0.6 is 0 Å². The minimum Gasteiger partial charge on any atom is -0.741 e. The smallest absolute Gasteiger partial charge is 0.485 e. The van der Waals surface area contributed by atoms with Crippen molar-refractivity contribution in [3.63, 3.8) is 0 Å². The van der Waals surface area contributed by atoms with Gasteiger partial charge in [0.2, 0.25) is 7.14 Å². The third kappa shape index (κ3) is 17.0. The minimum absolute atomic E-state index is 0.138. The molecular formula is C20H14F6I2O6S2. The van der Waals surface area contributed by atoms with E-state index in [1.165, 1.54) is 7.14 Å². The van der Waals surface area contributed by atoms with Crippen molar-refractivity contribution in [1.29, 1.82) is 0 Å². The first-order valence-corrected chi connectivity index (χ1v) is 16.0. The summed E-state index contributed by atoms with van der Waals surface area (Å²) in [4.78, 5) is 0. The van der Waals surface area contributed by atoms with Crippen LogP contribution in [0.3, 0.4) is 0 Å². The Morgan fingerprint density at radius 3 is 1.08 bits per heavy atom. The van der Waals surface area contributed by atoms with E-state index in [2.05, 4.69) is 68.2 Å². The van der Waals surface area contributed by atoms with Gasteiger partial charge in [0.05, 0.1) is 0 Å². The lowest BCUT2D eigenvalue weighted by atomic mass is 10.3. The molecule has 0 amide bonds. The van der Waals surface area contributed by atoms with Crippen molar-refractivity contribution in [2.45, 2.75) is 23.9 Å². The number of alkyl halides is 6. The Bertz CT molecular complexity index is 1160. The highest BCUT2D eigenvalue weighted by atomic mass is 127. The first kappa shape index (κ1) is 34.4. The maximum Gasteiger partial charge on any atom is 0.485 e. The highest BCUT2D eigenvalue weighted by Crippen LogP contribution is 2.21. The summed E-state index contributed by atoms with van der Waals surface area (Å²) in [5.41, 5.74) is -11.3. The Hall–Kier alpha value is -1.58. The molecule has 0 aliphatic rings. The van der Waals surface area contributed by atoms with Gasteiger partial charge in [-0.25, -0.2) is 16.8 Å². The van der Waals surface area contributed by atoms with Gasteiger partial charge in [0.1, 0.15) is 0 Å². The molecule has 0 radical (unpaired) electrons. The molecule has 0 saturated carbocycles. The van der Waals surface area contributed by atoms with Crippen LogP contribution in [0.4, 0.5) is 26.3 Å². The minimum atomic E-state index is -6.09. The summed E-state index contributed by atoms with van der Waals surface area (Å²) in [5.74, 6) is 6.48. The van der Waals surface area contributed by atoms with Gasteiger partial charge in [-0.3, -0.25) is 0 Å². The second-order valence-electron chi connectivity index (χ2n) is 5.62. The van der Waals surface area contributed by atoms with Crippen LogP contribution in [0.5, 0.6) is 0 Å². The zero-order chi connectivity index (χ0) is 27.9. The van der Waals surface area contributed by atoms with Crippen LogP contribution in [0.2, 0.25) is 0 Å². The van der Waals surface area contributed by atoms with Crippen molar-refractivity contribution >= 4 is 20.2 Å². The van der Waals surface area contributed by atoms with Crippen molar-refractivity contribution in [2.24, 2.45) is 0 Å². The van der Waals surface area contributed by atoms with Crippen LogP contribution < -0.4 is 42.4 Å². The predicted octanol–water partition coefficient (Wildman–Crippen LogP) is -2.29. The molecule has 6 nitrogen and oxygen atoms in total. The number of rotatable bonds is 3. The summed E-state index contributed by atoms with van der Waals surface area (Å²) in [6.45, 7) is 0. The summed E-state index contributed by atoms with van der Waals surface area (Å²) < 4.78 is 127. The van der Waals surface area contributed by atoms with Crippen molar-refractivity contribution in [1.82, 2.24) is 0 Å². The number of hydrogen-bond acceptors (Lipinski definition) is 6. The van der Waals surface area contributed by atoms with Crippen molar-refractivity contribution in [3.05, 3.63) is 67.8 Å². The first-order chi connectivity index (χ1) is 16.4. The largest absolute Gasteiger partial charge is 0.741 e. The Morgan fingerprint density at radius 1 is 0.611 bits per heavy atom. The van der Waals surface area contributed by atoms with Crippen LogP contribution in [0.1, 0.15) is 12.8 Å². The molecule has 0 aromatic heterocycles. The fourth-order valence-corrected chi connectivity index (χ4v) is 4.44. The quantitative estimate of drug-likeness (QED) is 0.0867. The monoisotopic (exact) mass is 782 g/mol. The van der Waals surface area contributed by atoms with E-state index in [1.807, 2.05) is 12.1 Å². The van der Waals surface area contributed by atoms with E-state index in [-0.39, 0.29) is 42.4 Å². The highest BCUT2D eigenvalue weighted by molar-refractivity contribution is 7.86. The summed E-state index contributed by atoms with van der Waals surface area (Å²) in [5, 5.41) is 0. The predicted molar refractivity (Wildman–Crippen MR) is 107 cm³/mol. The van der Waals surface area contributed by atoms with E-state index in [1.54, 1.807) is 0 Å². The highest BCUT2D eigenvalue weighted by Gasteiger charge is 2.37. The molecule has 2 aromatic carbocycles. The van der Waals surface area contributed by atoms with Crippen LogP contribution in [-0.2, 0) is 20.2 Å². The Morgan fingerprint density at radius 2 is 0.861 bits per heavy atom. The van der Waals surface area contributed by atoms with Gasteiger partial charge in [0.25, 0.3) is 0 Å². The van der Waals surface area contributed by atoms with E-state index in [4.69, 9.17) is 25.9 Å². The normalized spacial score (nSPS) is 11.2. The van der Waals surface area contributed by atoms with E-state index < -0.39 is 31.3 Å². The van der Waals surface area contributed by atoms with E-state index in [0.29, 0.717) is 0 Å². The van der Waals surface area contributed by atoms with Gasteiger partial charge in [-0.1, -0.05) is 36.4 Å². The molecule has 0 unspecified atom stereocenters. The number of benzene rings is 2. The number of unbranched alkanes of at least 4 members (excludes halogenated alkanes) is 1. The second kappa shape index (κ2) is 16.3. The molecule has 0 spiro atoms. The lowest BCUT2D eigenvalue weighted by molar-refractivity contribution is -0.535. The first-order valence-electron chi connectivity index (χ1n) is 8.83. The molecule has 16 heteroatoms. The van der Waals surface area contributed by atoms with Crippen molar-refractivity contribution in [3.8, 4) is 19.7 Å². The number of halogens is 8. The fraction of sp³-hybridized carbons (Fsp3) is 0.200. The zero-order valence-electron chi connectivity index (χ0n) is 17.5. The maximum absolute atomic E-state index is 10.7. The van der Waals surface area contributed by atoms with Gasteiger partial charge in [-0.05, 0) is 36.1 Å². The van der Waals surface area contributed by atoms with Crippen molar-refractivity contribution in [2.75, 3.05) is 0 Å². The fourth-order valence-electron chi connectivity index (χ4n) is 1.35. The lowest BCUT2D eigenvalue weighted by Crippen LogP contribution is -3.59. The van der Waals surface area contributed by atoms with Gasteiger partial charge in [-0.2, -0.15) is 26.3 Å². The summed E-state index contributed by atoms with van der Waals surface area (Å²) in [7, 11) is -12.2. The Balaban J connectivity index is 0.000000634. The third-order valence-electron chi connectivity index (χ3n) is 2.85. The molecule has 0 saturated heterocycles. The molecular weight excluding hydrogens is 768 g/mol. The topological polar surface area (TPSA) is 114 Å². The van der Waals surface area contributed by atoms with Gasteiger partial charge in [0.15, 0.2) is 28.1 Å². The van der Waals surface area contributed by atoms with Gasteiger partial charge >= 0.3 is 53.4 Å². The molecule has 0 aliphatic carbocycles. The second-order valence-corrected chi connectivity index (χ2v) is 13.0. The zero-order valence-corrected chi connectivity index (χ0v) is 23.4. The Labute approximate surface area is 224 Å². The SMILES string of the molecule is C(#C[I+]c1ccccc1)CCC#C[I+]c1ccccc1.O=S(=O)([O-])C(F)(F)F.O=S(=O)([O-])C(F)(F)F. The molecule has 2 aromatic rings. The molecule has 36 heavy (non-hydrogen) atoms. The van der Waals surface area contributed by atoms with E-state index in [9.17, 15) is 26.3 Å². The molecule has 0 fully saturated rings. The van der Waals surface area contributed by atoms with Crippen molar-refractivity contribution < 1.29 is 94.7 Å². The summed E-state index contributed by atoms with van der Waals surface area (Å²) in [6, 6.07) is 21.0. The van der Waals surface area contributed by atoms with Gasteiger partial charge in [0, 0.05) is 12.8 Å². The summed E-state index contributed by atoms with van der Waals surface area (Å²) in [6.07, 6.45) is 1.80. The average molecular weight is 782 g/mol. The third-order valence-corrected chi connectivity index (χ3v) is 7.97. The Kier molecular flexibility index (Phi) is 15.6. The molecule has 0 atom stereocenters. The van der Waals surface area contributed by atoms with Crippen LogP contribution in [-0.4, -0.2) is 37.0 Å².